The second kappa shape index (κ2) is 5.27. The fourth-order valence-electron chi connectivity index (χ4n) is 1.65. The maximum atomic E-state index is 9.84. The Labute approximate surface area is 119 Å². The number of hydrogen-bond donors (Lipinski definition) is 2. The van der Waals surface area contributed by atoms with Crippen LogP contribution < -0.4 is 0 Å². The van der Waals surface area contributed by atoms with Crippen molar-refractivity contribution >= 4 is 34.8 Å². The fourth-order valence-corrected chi connectivity index (χ4v) is 2.39. The summed E-state index contributed by atoms with van der Waals surface area (Å²) in [6.07, 6.45) is 0.290. The molecule has 0 saturated heterocycles. The summed E-state index contributed by atoms with van der Waals surface area (Å²) in [5.41, 5.74) is 1.13. The summed E-state index contributed by atoms with van der Waals surface area (Å²) in [6, 6.07) is 7.78. The van der Waals surface area contributed by atoms with E-state index in [9.17, 15) is 10.2 Å². The van der Waals surface area contributed by atoms with Crippen molar-refractivity contribution in [3.63, 3.8) is 0 Å². The highest BCUT2D eigenvalue weighted by atomic mass is 35.5. The first-order valence-electron chi connectivity index (χ1n) is 5.11. The van der Waals surface area contributed by atoms with Crippen LogP contribution in [-0.2, 0) is 6.42 Å². The molecule has 0 amide bonds. The zero-order valence-electron chi connectivity index (χ0n) is 9.12. The molecule has 2 N–H and O–H groups in total. The van der Waals surface area contributed by atoms with Crippen LogP contribution in [0, 0.1) is 0 Å². The van der Waals surface area contributed by atoms with Crippen molar-refractivity contribution in [2.24, 2.45) is 0 Å². The van der Waals surface area contributed by atoms with Gasteiger partial charge in [-0.25, -0.2) is 0 Å². The SMILES string of the molecule is Oc1ccc(Cl)cc1Cc1cc(Cl)cc(Cl)c1O. The molecule has 0 aliphatic rings. The maximum Gasteiger partial charge on any atom is 0.137 e. The maximum absolute atomic E-state index is 9.84. The molecule has 0 fully saturated rings. The van der Waals surface area contributed by atoms with Gasteiger partial charge in [0.1, 0.15) is 11.5 Å². The minimum absolute atomic E-state index is 0.0413. The van der Waals surface area contributed by atoms with Gasteiger partial charge in [-0.3, -0.25) is 0 Å². The minimum Gasteiger partial charge on any atom is -0.508 e. The van der Waals surface area contributed by atoms with E-state index in [0.29, 0.717) is 27.6 Å². The topological polar surface area (TPSA) is 40.5 Å². The van der Waals surface area contributed by atoms with Crippen molar-refractivity contribution in [1.29, 1.82) is 0 Å². The average molecular weight is 304 g/mol. The van der Waals surface area contributed by atoms with Crippen LogP contribution in [0.4, 0.5) is 0 Å². The zero-order valence-corrected chi connectivity index (χ0v) is 11.4. The molecule has 0 aliphatic carbocycles. The van der Waals surface area contributed by atoms with Crippen molar-refractivity contribution in [2.75, 3.05) is 0 Å². The third-order valence-electron chi connectivity index (χ3n) is 2.53. The van der Waals surface area contributed by atoms with E-state index in [1.165, 1.54) is 12.1 Å². The number of aromatic hydroxyl groups is 2. The quantitative estimate of drug-likeness (QED) is 0.848. The van der Waals surface area contributed by atoms with E-state index in [-0.39, 0.29) is 16.5 Å². The predicted octanol–water partition coefficient (Wildman–Crippen LogP) is 4.65. The summed E-state index contributed by atoms with van der Waals surface area (Å²) in [5.74, 6) is 0.0651. The number of halogens is 3. The van der Waals surface area contributed by atoms with Crippen LogP contribution in [0.25, 0.3) is 0 Å². The molecule has 0 aromatic heterocycles. The summed E-state index contributed by atoms with van der Waals surface area (Å²) in [4.78, 5) is 0. The Hall–Kier alpha value is -1.09. The summed E-state index contributed by atoms with van der Waals surface area (Å²) >= 11 is 17.6. The Balaban J connectivity index is 2.43. The monoisotopic (exact) mass is 302 g/mol. The molecule has 18 heavy (non-hydrogen) atoms. The number of phenolic OH excluding ortho intramolecular Hbond substituents is 2. The lowest BCUT2D eigenvalue weighted by Crippen LogP contribution is -1.91. The van der Waals surface area contributed by atoms with Gasteiger partial charge in [-0.15, -0.1) is 0 Å². The van der Waals surface area contributed by atoms with Crippen molar-refractivity contribution in [1.82, 2.24) is 0 Å². The second-order valence-corrected chi connectivity index (χ2v) is 5.13. The van der Waals surface area contributed by atoms with E-state index in [1.54, 1.807) is 18.2 Å². The van der Waals surface area contributed by atoms with Gasteiger partial charge >= 0.3 is 0 Å². The number of benzene rings is 2. The van der Waals surface area contributed by atoms with Gasteiger partial charge in [0, 0.05) is 22.0 Å². The van der Waals surface area contributed by atoms with Crippen molar-refractivity contribution in [3.05, 3.63) is 56.5 Å². The van der Waals surface area contributed by atoms with Gasteiger partial charge in [-0.05, 0) is 35.9 Å². The van der Waals surface area contributed by atoms with E-state index >= 15 is 0 Å². The molecule has 2 nitrogen and oxygen atoms in total. The number of hydrogen-bond acceptors (Lipinski definition) is 2. The molecule has 2 aromatic rings. The van der Waals surface area contributed by atoms with E-state index in [4.69, 9.17) is 34.8 Å². The van der Waals surface area contributed by atoms with Crippen LogP contribution in [-0.4, -0.2) is 10.2 Å². The molecule has 0 aliphatic heterocycles. The highest BCUT2D eigenvalue weighted by Crippen LogP contribution is 2.34. The van der Waals surface area contributed by atoms with Crippen LogP contribution in [0.15, 0.2) is 30.3 Å². The van der Waals surface area contributed by atoms with Crippen LogP contribution in [0.5, 0.6) is 11.5 Å². The van der Waals surface area contributed by atoms with Crippen molar-refractivity contribution < 1.29 is 10.2 Å². The van der Waals surface area contributed by atoms with Gasteiger partial charge in [-0.2, -0.15) is 0 Å². The van der Waals surface area contributed by atoms with Crippen molar-refractivity contribution in [2.45, 2.75) is 6.42 Å². The Morgan fingerprint density at radius 3 is 2.22 bits per heavy atom. The smallest absolute Gasteiger partial charge is 0.137 e. The van der Waals surface area contributed by atoms with Gasteiger partial charge in [0.05, 0.1) is 5.02 Å². The first-order chi connectivity index (χ1) is 8.47. The molecule has 0 bridgehead atoms. The summed E-state index contributed by atoms with van der Waals surface area (Å²) in [7, 11) is 0. The Morgan fingerprint density at radius 1 is 0.833 bits per heavy atom. The third kappa shape index (κ3) is 2.83. The molecule has 0 heterocycles. The lowest BCUT2D eigenvalue weighted by Gasteiger charge is -2.09. The largest absolute Gasteiger partial charge is 0.508 e. The Morgan fingerprint density at radius 2 is 1.50 bits per heavy atom. The lowest BCUT2D eigenvalue weighted by molar-refractivity contribution is 0.463. The fraction of sp³-hybridized carbons (Fsp3) is 0.0769. The molecule has 0 unspecified atom stereocenters. The van der Waals surface area contributed by atoms with Gasteiger partial charge < -0.3 is 10.2 Å². The predicted molar refractivity (Wildman–Crippen MR) is 74.0 cm³/mol. The standard InChI is InChI=1S/C13H9Cl3O2/c14-9-1-2-12(17)7(4-9)3-8-5-10(15)6-11(16)13(8)18/h1-2,4-6,17-18H,3H2. The molecule has 5 heteroatoms. The number of phenols is 2. The highest BCUT2D eigenvalue weighted by Gasteiger charge is 2.11. The van der Waals surface area contributed by atoms with E-state index < -0.39 is 0 Å². The highest BCUT2D eigenvalue weighted by molar-refractivity contribution is 6.35. The first kappa shape index (κ1) is 13.3. The van der Waals surface area contributed by atoms with Crippen LogP contribution in [0.3, 0.4) is 0 Å². The van der Waals surface area contributed by atoms with Crippen LogP contribution in [0.2, 0.25) is 15.1 Å². The van der Waals surface area contributed by atoms with Gasteiger partial charge in [0.15, 0.2) is 0 Å². The molecular formula is C13H9Cl3O2. The van der Waals surface area contributed by atoms with Crippen molar-refractivity contribution in [3.8, 4) is 11.5 Å². The van der Waals surface area contributed by atoms with E-state index in [0.717, 1.165) is 0 Å². The average Bonchev–Trinajstić information content (AvgIpc) is 2.30. The molecule has 94 valence electrons. The molecule has 2 rings (SSSR count). The molecule has 0 radical (unpaired) electrons. The molecule has 0 spiro atoms. The van der Waals surface area contributed by atoms with E-state index in [1.807, 2.05) is 0 Å². The second-order valence-electron chi connectivity index (χ2n) is 3.85. The van der Waals surface area contributed by atoms with Crippen LogP contribution >= 0.6 is 34.8 Å². The Kier molecular flexibility index (Phi) is 3.91. The third-order valence-corrected chi connectivity index (χ3v) is 3.27. The molecular weight excluding hydrogens is 295 g/mol. The summed E-state index contributed by atoms with van der Waals surface area (Å²) in [6.45, 7) is 0. The van der Waals surface area contributed by atoms with Gasteiger partial charge in [0.2, 0.25) is 0 Å². The van der Waals surface area contributed by atoms with E-state index in [2.05, 4.69) is 0 Å². The lowest BCUT2D eigenvalue weighted by atomic mass is 10.0. The van der Waals surface area contributed by atoms with Gasteiger partial charge in [-0.1, -0.05) is 34.8 Å². The summed E-state index contributed by atoms with van der Waals surface area (Å²) in [5, 5.41) is 20.7. The van der Waals surface area contributed by atoms with Crippen LogP contribution in [0.1, 0.15) is 11.1 Å². The zero-order chi connectivity index (χ0) is 13.3. The van der Waals surface area contributed by atoms with Gasteiger partial charge in [0.25, 0.3) is 0 Å². The Bertz CT molecular complexity index is 597. The molecule has 0 saturated carbocycles. The minimum atomic E-state index is -0.0413. The first-order valence-corrected chi connectivity index (χ1v) is 6.25. The summed E-state index contributed by atoms with van der Waals surface area (Å²) < 4.78 is 0. The normalized spacial score (nSPS) is 10.6. The number of rotatable bonds is 2. The molecule has 2 aromatic carbocycles. The molecule has 0 atom stereocenters.